The standard InChI is InChI=1S/C16H20ClN7O/c1-9-6-13(25-23-9)24(5)15-18-8-10(17)14(20-15)19-12-7-11(21-22-12)16(2,3)4/h6-8H,1-5H3,(H2,18,19,20,21,22). The molecule has 9 heteroatoms. The lowest BCUT2D eigenvalue weighted by Crippen LogP contribution is -2.13. The van der Waals surface area contributed by atoms with Gasteiger partial charge in [0.2, 0.25) is 11.8 Å². The lowest BCUT2D eigenvalue weighted by Gasteiger charge is -2.15. The first-order valence-corrected chi connectivity index (χ1v) is 8.14. The van der Waals surface area contributed by atoms with Gasteiger partial charge in [-0.1, -0.05) is 37.5 Å². The molecule has 0 fully saturated rings. The van der Waals surface area contributed by atoms with Crippen molar-refractivity contribution in [2.24, 2.45) is 0 Å². The highest BCUT2D eigenvalue weighted by Crippen LogP contribution is 2.28. The third kappa shape index (κ3) is 3.74. The van der Waals surface area contributed by atoms with Crippen LogP contribution in [0.4, 0.5) is 23.5 Å². The van der Waals surface area contributed by atoms with Crippen LogP contribution in [0.3, 0.4) is 0 Å². The molecule has 3 heterocycles. The molecule has 0 saturated heterocycles. The molecule has 0 spiro atoms. The summed E-state index contributed by atoms with van der Waals surface area (Å²) in [4.78, 5) is 10.4. The van der Waals surface area contributed by atoms with Gasteiger partial charge in [-0.2, -0.15) is 10.1 Å². The van der Waals surface area contributed by atoms with Gasteiger partial charge in [-0.3, -0.25) is 10.00 Å². The van der Waals surface area contributed by atoms with Crippen molar-refractivity contribution in [3.05, 3.63) is 34.7 Å². The van der Waals surface area contributed by atoms with Gasteiger partial charge in [-0.05, 0) is 6.92 Å². The van der Waals surface area contributed by atoms with Crippen LogP contribution in [0.1, 0.15) is 32.2 Å². The highest BCUT2D eigenvalue weighted by atomic mass is 35.5. The SMILES string of the molecule is Cc1cc(N(C)c2ncc(Cl)c(Nc3cc(C(C)(C)C)[nH]n3)n2)on1. The normalized spacial score (nSPS) is 11.6. The molecule has 0 aliphatic heterocycles. The average Bonchev–Trinajstić information content (AvgIpc) is 3.17. The van der Waals surface area contributed by atoms with E-state index < -0.39 is 0 Å². The molecule has 8 nitrogen and oxygen atoms in total. The Kier molecular flexibility index (Phi) is 4.38. The molecule has 132 valence electrons. The maximum Gasteiger partial charge on any atom is 0.234 e. The van der Waals surface area contributed by atoms with E-state index in [1.165, 1.54) is 6.20 Å². The second kappa shape index (κ2) is 6.36. The predicted octanol–water partition coefficient (Wildman–Crippen LogP) is 3.96. The molecule has 0 saturated carbocycles. The van der Waals surface area contributed by atoms with Crippen LogP contribution >= 0.6 is 11.6 Å². The van der Waals surface area contributed by atoms with Crippen molar-refractivity contribution in [1.82, 2.24) is 25.3 Å². The van der Waals surface area contributed by atoms with Gasteiger partial charge in [-0.15, -0.1) is 0 Å². The second-order valence-electron chi connectivity index (χ2n) is 6.77. The lowest BCUT2D eigenvalue weighted by molar-refractivity contribution is 0.420. The zero-order chi connectivity index (χ0) is 18.2. The van der Waals surface area contributed by atoms with Crippen molar-refractivity contribution in [3.8, 4) is 0 Å². The van der Waals surface area contributed by atoms with Crippen LogP contribution in [-0.2, 0) is 5.41 Å². The Morgan fingerprint density at radius 2 is 2.04 bits per heavy atom. The van der Waals surface area contributed by atoms with E-state index in [0.29, 0.717) is 28.5 Å². The summed E-state index contributed by atoms with van der Waals surface area (Å²) in [7, 11) is 1.79. The topological polar surface area (TPSA) is 95.8 Å². The van der Waals surface area contributed by atoms with Crippen LogP contribution < -0.4 is 10.2 Å². The largest absolute Gasteiger partial charge is 0.338 e. The van der Waals surface area contributed by atoms with E-state index in [9.17, 15) is 0 Å². The molecule has 0 aliphatic rings. The lowest BCUT2D eigenvalue weighted by atomic mass is 9.92. The van der Waals surface area contributed by atoms with E-state index in [1.54, 1.807) is 18.0 Å². The number of nitrogens with zero attached hydrogens (tertiary/aromatic N) is 5. The van der Waals surface area contributed by atoms with Crippen molar-refractivity contribution in [2.45, 2.75) is 33.1 Å². The summed E-state index contributed by atoms with van der Waals surface area (Å²) in [6, 6.07) is 3.73. The smallest absolute Gasteiger partial charge is 0.234 e. The monoisotopic (exact) mass is 361 g/mol. The van der Waals surface area contributed by atoms with Crippen LogP contribution in [0.2, 0.25) is 5.02 Å². The van der Waals surface area contributed by atoms with Gasteiger partial charge in [0.05, 0.1) is 11.9 Å². The number of aromatic nitrogens is 5. The third-order valence-corrected chi connectivity index (χ3v) is 3.89. The third-order valence-electron chi connectivity index (χ3n) is 3.61. The van der Waals surface area contributed by atoms with Crippen LogP contribution in [0.15, 0.2) is 22.9 Å². The molecule has 0 radical (unpaired) electrons. The zero-order valence-electron chi connectivity index (χ0n) is 14.8. The van der Waals surface area contributed by atoms with Gasteiger partial charge in [0, 0.05) is 30.3 Å². The summed E-state index contributed by atoms with van der Waals surface area (Å²) in [5.74, 6) is 2.06. The van der Waals surface area contributed by atoms with Crippen molar-refractivity contribution >= 4 is 35.1 Å². The Hall–Kier alpha value is -2.61. The highest BCUT2D eigenvalue weighted by Gasteiger charge is 2.18. The number of nitrogens with one attached hydrogen (secondary N) is 2. The summed E-state index contributed by atoms with van der Waals surface area (Å²) >= 11 is 6.22. The van der Waals surface area contributed by atoms with Crippen molar-refractivity contribution in [1.29, 1.82) is 0 Å². The molecule has 0 aliphatic carbocycles. The fraction of sp³-hybridized carbons (Fsp3) is 0.375. The maximum absolute atomic E-state index is 6.22. The number of hydrogen-bond donors (Lipinski definition) is 2. The van der Waals surface area contributed by atoms with Crippen LogP contribution in [0.5, 0.6) is 0 Å². The Bertz CT molecular complexity index is 881. The highest BCUT2D eigenvalue weighted by molar-refractivity contribution is 6.32. The first-order chi connectivity index (χ1) is 11.7. The minimum atomic E-state index is -0.0298. The molecule has 25 heavy (non-hydrogen) atoms. The van der Waals surface area contributed by atoms with Gasteiger partial charge in [0.15, 0.2) is 11.6 Å². The summed E-state index contributed by atoms with van der Waals surface area (Å²) in [5.41, 5.74) is 1.76. The minimum absolute atomic E-state index is 0.0298. The van der Waals surface area contributed by atoms with E-state index in [1.807, 2.05) is 13.0 Å². The summed E-state index contributed by atoms with van der Waals surface area (Å²) in [6.45, 7) is 8.16. The Balaban J connectivity index is 1.86. The molecule has 0 bridgehead atoms. The molecule has 3 aromatic heterocycles. The quantitative estimate of drug-likeness (QED) is 0.726. The maximum atomic E-state index is 6.22. The van der Waals surface area contributed by atoms with E-state index in [0.717, 1.165) is 11.4 Å². The number of hydrogen-bond acceptors (Lipinski definition) is 7. The van der Waals surface area contributed by atoms with Crippen molar-refractivity contribution in [3.63, 3.8) is 0 Å². The fourth-order valence-electron chi connectivity index (χ4n) is 2.11. The molecule has 3 aromatic rings. The molecular formula is C16H20ClN7O. The van der Waals surface area contributed by atoms with Gasteiger partial charge in [-0.25, -0.2) is 4.98 Å². The first kappa shape index (κ1) is 17.2. The van der Waals surface area contributed by atoms with Crippen LogP contribution in [-0.4, -0.2) is 32.4 Å². The van der Waals surface area contributed by atoms with Crippen molar-refractivity contribution < 1.29 is 4.52 Å². The van der Waals surface area contributed by atoms with E-state index in [4.69, 9.17) is 16.1 Å². The molecule has 3 rings (SSSR count). The molecule has 0 aromatic carbocycles. The zero-order valence-corrected chi connectivity index (χ0v) is 15.5. The number of halogens is 1. The van der Waals surface area contributed by atoms with Crippen LogP contribution in [0.25, 0.3) is 0 Å². The first-order valence-electron chi connectivity index (χ1n) is 7.76. The Morgan fingerprint density at radius 3 is 2.64 bits per heavy atom. The summed E-state index contributed by atoms with van der Waals surface area (Å²) in [6.07, 6.45) is 1.53. The van der Waals surface area contributed by atoms with Crippen molar-refractivity contribution in [2.75, 3.05) is 17.3 Å². The van der Waals surface area contributed by atoms with E-state index >= 15 is 0 Å². The molecule has 0 atom stereocenters. The number of aromatic amines is 1. The number of rotatable bonds is 4. The Labute approximate surface area is 150 Å². The number of aryl methyl sites for hydroxylation is 1. The molecular weight excluding hydrogens is 342 g/mol. The molecule has 2 N–H and O–H groups in total. The van der Waals surface area contributed by atoms with E-state index in [2.05, 4.69) is 51.4 Å². The van der Waals surface area contributed by atoms with Crippen LogP contribution in [0, 0.1) is 6.92 Å². The predicted molar refractivity (Wildman–Crippen MR) is 96.9 cm³/mol. The number of H-pyrrole nitrogens is 1. The average molecular weight is 362 g/mol. The summed E-state index contributed by atoms with van der Waals surface area (Å²) in [5, 5.41) is 14.7. The molecule has 0 amide bonds. The minimum Gasteiger partial charge on any atom is -0.338 e. The Morgan fingerprint density at radius 1 is 1.28 bits per heavy atom. The van der Waals surface area contributed by atoms with Gasteiger partial charge >= 0.3 is 0 Å². The van der Waals surface area contributed by atoms with Gasteiger partial charge < -0.3 is 9.84 Å². The van der Waals surface area contributed by atoms with Gasteiger partial charge in [0.25, 0.3) is 0 Å². The summed E-state index contributed by atoms with van der Waals surface area (Å²) < 4.78 is 5.23. The number of anilines is 4. The van der Waals surface area contributed by atoms with E-state index in [-0.39, 0.29) is 5.41 Å². The fourth-order valence-corrected chi connectivity index (χ4v) is 2.24. The molecule has 0 unspecified atom stereocenters. The van der Waals surface area contributed by atoms with Gasteiger partial charge in [0.1, 0.15) is 5.02 Å². The second-order valence-corrected chi connectivity index (χ2v) is 7.18.